The van der Waals surface area contributed by atoms with Crippen LogP contribution in [0.5, 0.6) is 17.2 Å². The van der Waals surface area contributed by atoms with Crippen LogP contribution in [0, 0.1) is 0 Å². The van der Waals surface area contributed by atoms with E-state index >= 15 is 0 Å². The summed E-state index contributed by atoms with van der Waals surface area (Å²) >= 11 is 0. The van der Waals surface area contributed by atoms with Crippen LogP contribution in [0.15, 0.2) is 36.4 Å². The topological polar surface area (TPSA) is 156 Å². The predicted octanol–water partition coefficient (Wildman–Crippen LogP) is 12.7. The van der Waals surface area contributed by atoms with Crippen LogP contribution in [0.1, 0.15) is 220 Å². The summed E-state index contributed by atoms with van der Waals surface area (Å²) in [5.74, 6) is 0.370. The number of carboxylic acid groups (broad SMARTS) is 1. The highest BCUT2D eigenvalue weighted by Gasteiger charge is 2.29. The van der Waals surface area contributed by atoms with Gasteiger partial charge in [0.05, 0.1) is 0 Å². The van der Waals surface area contributed by atoms with E-state index in [1.54, 1.807) is 0 Å². The molecule has 6 N–H and O–H groups in total. The number of amides is 2. The van der Waals surface area contributed by atoms with Crippen molar-refractivity contribution >= 4 is 17.8 Å². The van der Waals surface area contributed by atoms with E-state index in [4.69, 9.17) is 5.11 Å². The molecule has 0 saturated heterocycles. The van der Waals surface area contributed by atoms with Gasteiger partial charge in [0.1, 0.15) is 17.2 Å². The van der Waals surface area contributed by atoms with Crippen LogP contribution in [0.4, 0.5) is 0 Å². The first-order valence-electron chi connectivity index (χ1n) is 24.3. The van der Waals surface area contributed by atoms with Crippen LogP contribution in [0.3, 0.4) is 0 Å². The first-order chi connectivity index (χ1) is 29.9. The number of aromatic hydroxyl groups is 3. The van der Waals surface area contributed by atoms with Gasteiger partial charge >= 0.3 is 5.97 Å². The standard InChI is InChI=1S/C40H64N2O4.C17H26O3/c1-37(2,3)29-23-27(24-30(35(29)45)38(4,5)6)17-19-33(43)41-21-15-13-14-16-22-42-34(44)20-18-28-25-31(39(7,8)9)36(46)32(26-28)40(10,11)12;1-16(2,3)12-9-11(7-8-14(18)19)10-13(15(12)20)17(4,5)6/h23-26,45-46H,13-22H2,1-12H3,(H,41,43)(H,42,44);9-10,20H,7-8H2,1-6H3,(H,18,19). The highest BCUT2D eigenvalue weighted by Crippen LogP contribution is 2.42. The first-order valence-corrected chi connectivity index (χ1v) is 24.3. The molecule has 0 bridgehead atoms. The second kappa shape index (κ2) is 23.0. The number of hydrogen-bond donors (Lipinski definition) is 6. The third-order valence-corrected chi connectivity index (χ3v) is 12.0. The summed E-state index contributed by atoms with van der Waals surface area (Å²) in [6.45, 7) is 38.8. The summed E-state index contributed by atoms with van der Waals surface area (Å²) in [6, 6.07) is 12.1. The minimum atomic E-state index is -0.798. The fraction of sp³-hybridized carbons (Fsp3) is 0.632. The minimum absolute atomic E-state index is 0.0489. The zero-order valence-corrected chi connectivity index (χ0v) is 44.5. The normalized spacial score (nSPS) is 12.6. The zero-order chi connectivity index (χ0) is 50.8. The van der Waals surface area contributed by atoms with E-state index in [9.17, 15) is 29.7 Å². The number of benzene rings is 3. The number of hydrogen-bond acceptors (Lipinski definition) is 6. The molecule has 0 aliphatic rings. The number of carboxylic acids is 1. The Labute approximate surface area is 400 Å². The zero-order valence-electron chi connectivity index (χ0n) is 44.5. The van der Waals surface area contributed by atoms with Gasteiger partial charge in [0.25, 0.3) is 0 Å². The van der Waals surface area contributed by atoms with E-state index in [2.05, 4.69) is 160 Å². The largest absolute Gasteiger partial charge is 0.507 e. The molecule has 0 unspecified atom stereocenters. The maximum absolute atomic E-state index is 12.6. The van der Waals surface area contributed by atoms with Gasteiger partial charge in [-0.25, -0.2) is 0 Å². The van der Waals surface area contributed by atoms with Gasteiger partial charge < -0.3 is 31.1 Å². The molecule has 3 aromatic carbocycles. The molecular formula is C57H90N2O7. The minimum Gasteiger partial charge on any atom is -0.507 e. The van der Waals surface area contributed by atoms with Gasteiger partial charge in [0, 0.05) is 32.4 Å². The van der Waals surface area contributed by atoms with Crippen molar-refractivity contribution in [2.75, 3.05) is 13.1 Å². The summed E-state index contributed by atoms with van der Waals surface area (Å²) < 4.78 is 0. The maximum atomic E-state index is 12.6. The van der Waals surface area contributed by atoms with Gasteiger partial charge in [-0.3, -0.25) is 14.4 Å². The maximum Gasteiger partial charge on any atom is 0.303 e. The lowest BCUT2D eigenvalue weighted by molar-refractivity contribution is -0.137. The Morgan fingerprint density at radius 2 is 0.591 bits per heavy atom. The molecule has 2 amide bonds. The molecule has 0 spiro atoms. The molecule has 0 heterocycles. The van der Waals surface area contributed by atoms with Crippen LogP contribution in [-0.4, -0.2) is 51.3 Å². The van der Waals surface area contributed by atoms with Crippen molar-refractivity contribution in [3.8, 4) is 17.2 Å². The molecule has 9 heteroatoms. The molecular weight excluding hydrogens is 825 g/mol. The number of carbonyl (C=O) groups is 3. The van der Waals surface area contributed by atoms with Crippen LogP contribution in [0.2, 0.25) is 0 Å². The quantitative estimate of drug-likeness (QED) is 0.0781. The van der Waals surface area contributed by atoms with Gasteiger partial charge in [-0.15, -0.1) is 0 Å². The van der Waals surface area contributed by atoms with E-state index in [1.165, 1.54) is 0 Å². The molecule has 0 aliphatic heterocycles. The highest BCUT2D eigenvalue weighted by atomic mass is 16.4. The van der Waals surface area contributed by atoms with Crippen molar-refractivity contribution in [3.63, 3.8) is 0 Å². The van der Waals surface area contributed by atoms with E-state index in [0.29, 0.717) is 62.4 Å². The van der Waals surface area contributed by atoms with Crippen molar-refractivity contribution in [2.24, 2.45) is 0 Å². The second-order valence-electron chi connectivity index (χ2n) is 24.6. The molecule has 370 valence electrons. The number of aliphatic carboxylic acids is 1. The van der Waals surface area contributed by atoms with Gasteiger partial charge in [0.2, 0.25) is 11.8 Å². The number of aryl methyl sites for hydroxylation is 3. The monoisotopic (exact) mass is 915 g/mol. The van der Waals surface area contributed by atoms with Crippen molar-refractivity contribution in [2.45, 2.75) is 221 Å². The van der Waals surface area contributed by atoms with Crippen molar-refractivity contribution in [3.05, 3.63) is 86.5 Å². The van der Waals surface area contributed by atoms with E-state index in [0.717, 1.165) is 75.8 Å². The number of unbranched alkanes of at least 4 members (excludes halogenated alkanes) is 3. The van der Waals surface area contributed by atoms with Crippen LogP contribution in [-0.2, 0) is 66.1 Å². The Morgan fingerprint density at radius 3 is 0.788 bits per heavy atom. The molecule has 0 aliphatic carbocycles. The number of rotatable bonds is 16. The summed E-state index contributed by atoms with van der Waals surface area (Å²) in [6.07, 6.45) is 6.53. The van der Waals surface area contributed by atoms with Gasteiger partial charge in [-0.2, -0.15) is 0 Å². The average molecular weight is 915 g/mol. The van der Waals surface area contributed by atoms with Gasteiger partial charge in [-0.05, 0) is 115 Å². The first kappa shape index (κ1) is 57.6. The molecule has 0 saturated carbocycles. The molecule has 3 rings (SSSR count). The molecule has 0 radical (unpaired) electrons. The van der Waals surface area contributed by atoms with Gasteiger partial charge in [0.15, 0.2) is 0 Å². The molecule has 66 heavy (non-hydrogen) atoms. The van der Waals surface area contributed by atoms with Crippen LogP contribution in [0.25, 0.3) is 0 Å². The summed E-state index contributed by atoms with van der Waals surface area (Å²) in [5, 5.41) is 47.4. The number of phenols is 3. The number of carbonyl (C=O) groups excluding carboxylic acids is 2. The molecule has 0 atom stereocenters. The fourth-order valence-electron chi connectivity index (χ4n) is 7.95. The Morgan fingerprint density at radius 1 is 0.379 bits per heavy atom. The third kappa shape index (κ3) is 18.3. The average Bonchev–Trinajstić information content (AvgIpc) is 3.15. The highest BCUT2D eigenvalue weighted by molar-refractivity contribution is 5.76. The van der Waals surface area contributed by atoms with Gasteiger partial charge in [-0.1, -0.05) is 174 Å². The number of nitrogens with one attached hydrogen (secondary N) is 2. The second-order valence-corrected chi connectivity index (χ2v) is 24.6. The summed E-state index contributed by atoms with van der Waals surface area (Å²) in [7, 11) is 0. The lowest BCUT2D eigenvalue weighted by atomic mass is 9.78. The van der Waals surface area contributed by atoms with E-state index in [-0.39, 0.29) is 50.7 Å². The molecule has 0 fully saturated rings. The summed E-state index contributed by atoms with van der Waals surface area (Å²) in [4.78, 5) is 35.9. The number of phenolic OH excluding ortho intramolecular Hbond substituents is 3. The Bertz CT molecular complexity index is 1900. The molecule has 9 nitrogen and oxygen atoms in total. The molecule has 0 aromatic heterocycles. The van der Waals surface area contributed by atoms with Crippen molar-refractivity contribution in [1.29, 1.82) is 0 Å². The lowest BCUT2D eigenvalue weighted by Gasteiger charge is -2.28. The van der Waals surface area contributed by atoms with Crippen molar-refractivity contribution < 1.29 is 34.8 Å². The fourth-order valence-corrected chi connectivity index (χ4v) is 7.95. The van der Waals surface area contributed by atoms with E-state index in [1.807, 2.05) is 12.1 Å². The smallest absolute Gasteiger partial charge is 0.303 e. The summed E-state index contributed by atoms with van der Waals surface area (Å²) in [5.41, 5.74) is 7.48. The third-order valence-electron chi connectivity index (χ3n) is 12.0. The van der Waals surface area contributed by atoms with Crippen LogP contribution >= 0.6 is 0 Å². The Kier molecular flexibility index (Phi) is 20.1. The molecule has 3 aromatic rings. The van der Waals surface area contributed by atoms with Crippen molar-refractivity contribution in [1.82, 2.24) is 10.6 Å². The SMILES string of the molecule is CC(C)(C)c1cc(CCC(=O)NCCCCCCNC(=O)CCc2cc(C(C)(C)C)c(O)c(C(C)(C)C)c2)cc(C(C)(C)C)c1O.CC(C)(C)c1cc(CCC(=O)O)cc(C(C)(C)C)c1O. The Balaban J connectivity index is 0.000000622. The lowest BCUT2D eigenvalue weighted by Crippen LogP contribution is -2.25. The Hall–Kier alpha value is -4.53. The van der Waals surface area contributed by atoms with Crippen LogP contribution < -0.4 is 10.6 Å². The van der Waals surface area contributed by atoms with E-state index < -0.39 is 5.97 Å². The predicted molar refractivity (Wildman–Crippen MR) is 274 cm³/mol.